The van der Waals surface area contributed by atoms with Crippen molar-refractivity contribution in [1.29, 1.82) is 0 Å². The van der Waals surface area contributed by atoms with Crippen molar-refractivity contribution in [3.05, 3.63) is 29.8 Å². The van der Waals surface area contributed by atoms with E-state index in [1.54, 1.807) is 46.1 Å². The van der Waals surface area contributed by atoms with E-state index in [1.165, 1.54) is 16.7 Å². The molecule has 2 aliphatic heterocycles. The largest absolute Gasteiger partial charge is 0.497 e. The summed E-state index contributed by atoms with van der Waals surface area (Å²) in [4.78, 5) is 38.1. The monoisotopic (exact) mass is 378 g/mol. The van der Waals surface area contributed by atoms with Crippen molar-refractivity contribution in [3.8, 4) is 5.75 Å². The van der Waals surface area contributed by atoms with Crippen molar-refractivity contribution < 1.29 is 24.2 Å². The van der Waals surface area contributed by atoms with Crippen molar-refractivity contribution in [2.75, 3.05) is 7.11 Å². The fourth-order valence-electron chi connectivity index (χ4n) is 3.64. The van der Waals surface area contributed by atoms with Gasteiger partial charge in [-0.05, 0) is 38.5 Å². The molecule has 3 atom stereocenters. The number of fused-ring (bicyclic) bond motifs is 1. The molecule has 1 aromatic carbocycles. The normalized spacial score (nSPS) is 28.9. The Kier molecular flexibility index (Phi) is 4.42. The van der Waals surface area contributed by atoms with Gasteiger partial charge in [0, 0.05) is 4.75 Å². The van der Waals surface area contributed by atoms with Crippen LogP contribution in [0.4, 0.5) is 0 Å². The fraction of sp³-hybridized carbons (Fsp3) is 0.500. The number of carbonyl (C=O) groups excluding carboxylic acids is 2. The van der Waals surface area contributed by atoms with Crippen LogP contribution >= 0.6 is 11.8 Å². The molecule has 1 unspecified atom stereocenters. The van der Waals surface area contributed by atoms with Gasteiger partial charge in [-0.3, -0.25) is 9.59 Å². The average molecular weight is 378 g/mol. The predicted octanol–water partition coefficient (Wildman–Crippen LogP) is 1.26. The van der Waals surface area contributed by atoms with Crippen molar-refractivity contribution in [1.82, 2.24) is 10.2 Å². The molecule has 0 aromatic heterocycles. The minimum Gasteiger partial charge on any atom is -0.497 e. The van der Waals surface area contributed by atoms with Crippen LogP contribution < -0.4 is 10.1 Å². The number of methoxy groups -OCH3 is 1. The van der Waals surface area contributed by atoms with E-state index in [4.69, 9.17) is 4.74 Å². The molecule has 2 heterocycles. The number of hydrogen-bond donors (Lipinski definition) is 2. The first-order valence-corrected chi connectivity index (χ1v) is 9.15. The summed E-state index contributed by atoms with van der Waals surface area (Å²) in [5.41, 5.74) is -0.320. The van der Waals surface area contributed by atoms with Gasteiger partial charge in [-0.25, -0.2) is 4.79 Å². The van der Waals surface area contributed by atoms with Crippen LogP contribution in [0.3, 0.4) is 0 Å². The topological polar surface area (TPSA) is 95.9 Å². The molecule has 3 rings (SSSR count). The Hall–Kier alpha value is -2.22. The molecule has 2 N–H and O–H groups in total. The van der Waals surface area contributed by atoms with Crippen LogP contribution in [0.5, 0.6) is 5.75 Å². The maximum absolute atomic E-state index is 12.7. The van der Waals surface area contributed by atoms with Crippen LogP contribution in [0, 0.1) is 0 Å². The molecule has 0 bridgehead atoms. The van der Waals surface area contributed by atoms with Crippen LogP contribution in [0.2, 0.25) is 0 Å². The second-order valence-electron chi connectivity index (χ2n) is 7.31. The second-order valence-corrected chi connectivity index (χ2v) is 9.04. The maximum atomic E-state index is 12.7. The van der Waals surface area contributed by atoms with Gasteiger partial charge in [0.05, 0.1) is 13.5 Å². The van der Waals surface area contributed by atoms with Crippen LogP contribution in [-0.2, 0) is 20.8 Å². The molecule has 2 aliphatic rings. The van der Waals surface area contributed by atoms with Gasteiger partial charge in [-0.1, -0.05) is 12.1 Å². The fourth-order valence-corrected chi connectivity index (χ4v) is 5.29. The SMILES string of the molecule is COc1cccc(CC(=O)NC2(C)C(=O)N3[C@@H](C(=O)O)C(C)(C)S[C@@H]32)c1. The average Bonchev–Trinajstić information content (AvgIpc) is 2.84. The second kappa shape index (κ2) is 6.19. The van der Waals surface area contributed by atoms with Crippen LogP contribution in [0.15, 0.2) is 24.3 Å². The first kappa shape index (κ1) is 18.6. The smallest absolute Gasteiger partial charge is 0.327 e. The maximum Gasteiger partial charge on any atom is 0.327 e. The molecule has 0 saturated carbocycles. The number of aliphatic carboxylic acids is 1. The molecule has 2 fully saturated rings. The number of thioether (sulfide) groups is 1. The van der Waals surface area contributed by atoms with E-state index in [0.717, 1.165) is 5.56 Å². The van der Waals surface area contributed by atoms with Gasteiger partial charge in [0.1, 0.15) is 22.7 Å². The molecule has 2 saturated heterocycles. The highest BCUT2D eigenvalue weighted by Gasteiger charge is 2.69. The van der Waals surface area contributed by atoms with Gasteiger partial charge in [0.15, 0.2) is 0 Å². The van der Waals surface area contributed by atoms with Gasteiger partial charge < -0.3 is 20.1 Å². The Balaban J connectivity index is 1.73. The molecule has 0 aliphatic carbocycles. The van der Waals surface area contributed by atoms with Gasteiger partial charge in [0.2, 0.25) is 5.91 Å². The third kappa shape index (κ3) is 2.82. The van der Waals surface area contributed by atoms with Crippen molar-refractivity contribution in [3.63, 3.8) is 0 Å². The number of hydrogen-bond acceptors (Lipinski definition) is 5. The first-order valence-electron chi connectivity index (χ1n) is 8.27. The van der Waals surface area contributed by atoms with Crippen molar-refractivity contribution in [2.45, 2.75) is 48.9 Å². The van der Waals surface area contributed by atoms with E-state index in [-0.39, 0.29) is 23.6 Å². The van der Waals surface area contributed by atoms with E-state index in [1.807, 2.05) is 6.07 Å². The molecular weight excluding hydrogens is 356 g/mol. The third-order valence-electron chi connectivity index (χ3n) is 4.91. The highest BCUT2D eigenvalue weighted by atomic mass is 32.2. The summed E-state index contributed by atoms with van der Waals surface area (Å²) in [6, 6.07) is 6.28. The minimum atomic E-state index is -1.10. The third-order valence-corrected chi connectivity index (χ3v) is 6.66. The Labute approximate surface area is 156 Å². The molecule has 26 heavy (non-hydrogen) atoms. The Bertz CT molecular complexity index is 781. The summed E-state index contributed by atoms with van der Waals surface area (Å²) in [6.45, 7) is 5.27. The van der Waals surface area contributed by atoms with E-state index in [2.05, 4.69) is 5.32 Å². The molecular formula is C18H22N2O5S. The number of carbonyl (C=O) groups is 3. The Morgan fingerprint density at radius 1 is 1.35 bits per heavy atom. The lowest BCUT2D eigenvalue weighted by Gasteiger charge is -2.51. The molecule has 0 spiro atoms. The van der Waals surface area contributed by atoms with Crippen LogP contribution in [-0.4, -0.2) is 56.6 Å². The van der Waals surface area contributed by atoms with E-state index < -0.39 is 22.3 Å². The molecule has 7 nitrogen and oxygen atoms in total. The van der Waals surface area contributed by atoms with E-state index in [9.17, 15) is 19.5 Å². The number of benzene rings is 1. The molecule has 0 radical (unpaired) electrons. The highest BCUT2D eigenvalue weighted by Crippen LogP contribution is 2.54. The van der Waals surface area contributed by atoms with Gasteiger partial charge in [-0.2, -0.15) is 0 Å². The number of carboxylic acids is 1. The number of β-lactam (4-membered cyclic amide) rings is 1. The van der Waals surface area contributed by atoms with Crippen molar-refractivity contribution in [2.24, 2.45) is 0 Å². The van der Waals surface area contributed by atoms with Gasteiger partial charge >= 0.3 is 5.97 Å². The zero-order valence-corrected chi connectivity index (χ0v) is 15.9. The first-order chi connectivity index (χ1) is 12.1. The highest BCUT2D eigenvalue weighted by molar-refractivity contribution is 8.01. The van der Waals surface area contributed by atoms with Gasteiger partial charge in [-0.15, -0.1) is 11.8 Å². The number of amides is 2. The van der Waals surface area contributed by atoms with Crippen LogP contribution in [0.25, 0.3) is 0 Å². The lowest BCUT2D eigenvalue weighted by atomic mass is 9.86. The zero-order chi connectivity index (χ0) is 19.3. The summed E-state index contributed by atoms with van der Waals surface area (Å²) in [7, 11) is 1.56. The Morgan fingerprint density at radius 2 is 2.04 bits per heavy atom. The zero-order valence-electron chi connectivity index (χ0n) is 15.1. The number of ether oxygens (including phenoxy) is 1. The standard InChI is InChI=1S/C18H22N2O5S/c1-17(2)13(14(22)23)20-15(24)18(3,16(20)26-17)19-12(21)9-10-6-5-7-11(8-10)25-4/h5-8,13,16H,9H2,1-4H3,(H,19,21)(H,22,23)/t13-,16+,18?/m0/s1. The van der Waals surface area contributed by atoms with Crippen molar-refractivity contribution >= 4 is 29.5 Å². The molecule has 2 amide bonds. The molecule has 1 aromatic rings. The van der Waals surface area contributed by atoms with E-state index in [0.29, 0.717) is 5.75 Å². The van der Waals surface area contributed by atoms with E-state index >= 15 is 0 Å². The summed E-state index contributed by atoms with van der Waals surface area (Å²) in [5.74, 6) is -1.01. The number of carboxylic acid groups (broad SMARTS) is 1. The summed E-state index contributed by atoms with van der Waals surface area (Å²) in [5, 5.41) is 11.9. The van der Waals surface area contributed by atoms with Crippen LogP contribution in [0.1, 0.15) is 26.3 Å². The predicted molar refractivity (Wildman–Crippen MR) is 97.0 cm³/mol. The lowest BCUT2D eigenvalue weighted by molar-refractivity contribution is -0.167. The summed E-state index contributed by atoms with van der Waals surface area (Å²) >= 11 is 1.41. The minimum absolute atomic E-state index is 0.114. The van der Waals surface area contributed by atoms with Gasteiger partial charge in [0.25, 0.3) is 5.91 Å². The Morgan fingerprint density at radius 3 is 2.65 bits per heavy atom. The molecule has 8 heteroatoms. The summed E-state index contributed by atoms with van der Waals surface area (Å²) in [6.07, 6.45) is 0.114. The number of rotatable bonds is 5. The number of nitrogens with one attached hydrogen (secondary N) is 1. The molecule has 140 valence electrons. The quantitative estimate of drug-likeness (QED) is 0.749. The summed E-state index contributed by atoms with van der Waals surface area (Å²) < 4.78 is 4.53. The number of nitrogens with zero attached hydrogens (tertiary/aromatic N) is 1. The lowest BCUT2D eigenvalue weighted by Crippen LogP contribution is -2.78.